The maximum Gasteiger partial charge on any atom is 0.230 e. The fourth-order valence-electron chi connectivity index (χ4n) is 5.04. The lowest BCUT2D eigenvalue weighted by molar-refractivity contribution is -0.119. The lowest BCUT2D eigenvalue weighted by atomic mass is 9.90. The molecule has 0 radical (unpaired) electrons. The van der Waals surface area contributed by atoms with Crippen LogP contribution in [-0.2, 0) is 38.7 Å². The van der Waals surface area contributed by atoms with Crippen LogP contribution in [0.5, 0.6) is 0 Å². The first-order valence-corrected chi connectivity index (χ1v) is 13.5. The van der Waals surface area contributed by atoms with E-state index in [1.54, 1.807) is 30.0 Å². The summed E-state index contributed by atoms with van der Waals surface area (Å²) >= 11 is 0. The van der Waals surface area contributed by atoms with Crippen molar-refractivity contribution >= 4 is 33.0 Å². The summed E-state index contributed by atoms with van der Waals surface area (Å²) in [6.07, 6.45) is 6.67. The molecular weight excluding hydrogens is 436 g/mol. The summed E-state index contributed by atoms with van der Waals surface area (Å²) in [5.74, 6) is -0.00183. The smallest absolute Gasteiger partial charge is 0.230 e. The molecule has 2 aliphatic carbocycles. The van der Waals surface area contributed by atoms with Crippen molar-refractivity contribution in [3.63, 3.8) is 0 Å². The highest BCUT2D eigenvalue weighted by atomic mass is 32.2. The number of benzene rings is 2. The van der Waals surface area contributed by atoms with Gasteiger partial charge in [-0.15, -0.1) is 0 Å². The molecule has 0 spiro atoms. The molecule has 1 unspecified atom stereocenters. The molecule has 1 heterocycles. The van der Waals surface area contributed by atoms with Crippen LogP contribution in [0.3, 0.4) is 0 Å². The van der Waals surface area contributed by atoms with Gasteiger partial charge in [-0.3, -0.25) is 9.59 Å². The van der Waals surface area contributed by atoms with E-state index in [4.69, 9.17) is 0 Å². The van der Waals surface area contributed by atoms with Crippen molar-refractivity contribution in [2.75, 3.05) is 16.8 Å². The van der Waals surface area contributed by atoms with Crippen molar-refractivity contribution in [1.82, 2.24) is 0 Å². The third kappa shape index (κ3) is 4.31. The van der Waals surface area contributed by atoms with Gasteiger partial charge < -0.3 is 10.2 Å². The zero-order valence-corrected chi connectivity index (χ0v) is 19.8. The topological polar surface area (TPSA) is 83.6 Å². The summed E-state index contributed by atoms with van der Waals surface area (Å²) in [6.45, 7) is 2.19. The number of hydrogen-bond acceptors (Lipinski definition) is 4. The summed E-state index contributed by atoms with van der Waals surface area (Å²) in [6, 6.07) is 11.0. The number of nitrogens with one attached hydrogen (secondary N) is 1. The Morgan fingerprint density at radius 3 is 2.64 bits per heavy atom. The number of hydrogen-bond donors (Lipinski definition) is 1. The van der Waals surface area contributed by atoms with Gasteiger partial charge in [-0.25, -0.2) is 8.42 Å². The van der Waals surface area contributed by atoms with E-state index >= 15 is 0 Å². The second kappa shape index (κ2) is 8.60. The van der Waals surface area contributed by atoms with Gasteiger partial charge in [0, 0.05) is 30.3 Å². The molecule has 3 aliphatic rings. The number of rotatable bonds is 6. The number of nitrogens with zero attached hydrogens (tertiary/aromatic N) is 1. The molecule has 2 amide bonds. The molecule has 1 aliphatic heterocycles. The van der Waals surface area contributed by atoms with Crippen LogP contribution in [0.1, 0.15) is 55.7 Å². The van der Waals surface area contributed by atoms with Gasteiger partial charge in [0.2, 0.25) is 11.8 Å². The number of amides is 2. The van der Waals surface area contributed by atoms with Gasteiger partial charge in [-0.1, -0.05) is 12.1 Å². The van der Waals surface area contributed by atoms with E-state index < -0.39 is 15.1 Å². The van der Waals surface area contributed by atoms with Crippen LogP contribution >= 0.6 is 0 Å². The molecule has 33 heavy (non-hydrogen) atoms. The van der Waals surface area contributed by atoms with Crippen LogP contribution in [0.25, 0.3) is 0 Å². The minimum Gasteiger partial charge on any atom is -0.326 e. The fraction of sp³-hybridized carbons (Fsp3) is 0.462. The molecule has 1 fully saturated rings. The van der Waals surface area contributed by atoms with E-state index in [0.29, 0.717) is 13.0 Å². The second-order valence-electron chi connectivity index (χ2n) is 9.56. The van der Waals surface area contributed by atoms with Crippen molar-refractivity contribution in [2.24, 2.45) is 5.92 Å². The van der Waals surface area contributed by atoms with Crippen LogP contribution in [0, 0.1) is 5.92 Å². The zero-order chi connectivity index (χ0) is 23.2. The zero-order valence-electron chi connectivity index (χ0n) is 19.0. The number of anilines is 2. The Balaban J connectivity index is 1.28. The van der Waals surface area contributed by atoms with Crippen molar-refractivity contribution in [3.8, 4) is 0 Å². The first kappa shape index (κ1) is 22.1. The number of fused-ring (bicyclic) bond motifs is 2. The molecule has 0 saturated heterocycles. The summed E-state index contributed by atoms with van der Waals surface area (Å²) in [5, 5.41) is 2.11. The fourth-order valence-corrected chi connectivity index (χ4v) is 6.44. The Hall–Kier alpha value is -2.67. The first-order valence-electron chi connectivity index (χ1n) is 11.9. The Kier molecular flexibility index (Phi) is 5.77. The maximum atomic E-state index is 13.2. The van der Waals surface area contributed by atoms with Gasteiger partial charge in [-0.05, 0) is 92.8 Å². The summed E-state index contributed by atoms with van der Waals surface area (Å²) in [5.41, 5.74) is 4.96. The average Bonchev–Trinajstić information content (AvgIpc) is 3.57. The highest BCUT2D eigenvalue weighted by Crippen LogP contribution is 2.37. The molecule has 0 aromatic heterocycles. The SMILES string of the molecule is CC(CC(=O)Nc1cccc2c1CCCC2)S(=O)(=O)c1ccc2c(c1)CCN2C(=O)C1CC1. The third-order valence-corrected chi connectivity index (χ3v) is 9.28. The van der Waals surface area contributed by atoms with Gasteiger partial charge >= 0.3 is 0 Å². The summed E-state index contributed by atoms with van der Waals surface area (Å²) in [7, 11) is -3.67. The first-order chi connectivity index (χ1) is 15.8. The summed E-state index contributed by atoms with van der Waals surface area (Å²) in [4.78, 5) is 27.2. The quantitative estimate of drug-likeness (QED) is 0.696. The van der Waals surface area contributed by atoms with Crippen LogP contribution in [0.4, 0.5) is 11.4 Å². The lowest BCUT2D eigenvalue weighted by Gasteiger charge is -2.20. The Morgan fingerprint density at radius 1 is 1.06 bits per heavy atom. The average molecular weight is 467 g/mol. The van der Waals surface area contributed by atoms with Crippen LogP contribution < -0.4 is 10.2 Å². The van der Waals surface area contributed by atoms with Gasteiger partial charge in [0.15, 0.2) is 9.84 Å². The highest BCUT2D eigenvalue weighted by molar-refractivity contribution is 7.92. The van der Waals surface area contributed by atoms with Crippen LogP contribution in [0.2, 0.25) is 0 Å². The van der Waals surface area contributed by atoms with E-state index in [9.17, 15) is 18.0 Å². The summed E-state index contributed by atoms with van der Waals surface area (Å²) < 4.78 is 26.5. The highest BCUT2D eigenvalue weighted by Gasteiger charge is 2.37. The van der Waals surface area contributed by atoms with Gasteiger partial charge in [0.05, 0.1) is 10.1 Å². The Labute approximate surface area is 195 Å². The number of sulfone groups is 1. The van der Waals surface area contributed by atoms with Gasteiger partial charge in [0.1, 0.15) is 0 Å². The van der Waals surface area contributed by atoms with Crippen molar-refractivity contribution in [1.29, 1.82) is 0 Å². The van der Waals surface area contributed by atoms with Crippen LogP contribution in [0.15, 0.2) is 41.3 Å². The lowest BCUT2D eigenvalue weighted by Crippen LogP contribution is -2.30. The molecule has 5 rings (SSSR count). The minimum atomic E-state index is -3.67. The number of aryl methyl sites for hydroxylation is 1. The molecule has 0 bridgehead atoms. The van der Waals surface area contributed by atoms with E-state index in [-0.39, 0.29) is 29.0 Å². The van der Waals surface area contributed by atoms with E-state index in [1.807, 2.05) is 12.1 Å². The minimum absolute atomic E-state index is 0.102. The normalized spacial score (nSPS) is 18.4. The molecule has 1 atom stereocenters. The molecule has 174 valence electrons. The molecule has 1 saturated carbocycles. The largest absolute Gasteiger partial charge is 0.326 e. The monoisotopic (exact) mass is 466 g/mol. The van der Waals surface area contributed by atoms with E-state index in [2.05, 4.69) is 11.4 Å². The predicted molar refractivity (Wildman–Crippen MR) is 128 cm³/mol. The van der Waals surface area contributed by atoms with Gasteiger partial charge in [-0.2, -0.15) is 0 Å². The van der Waals surface area contributed by atoms with E-state index in [0.717, 1.165) is 55.5 Å². The second-order valence-corrected chi connectivity index (χ2v) is 11.9. The molecule has 2 aromatic rings. The van der Waals surface area contributed by atoms with Crippen molar-refractivity contribution < 1.29 is 18.0 Å². The van der Waals surface area contributed by atoms with E-state index in [1.165, 1.54) is 11.1 Å². The van der Waals surface area contributed by atoms with Crippen LogP contribution in [-0.4, -0.2) is 32.0 Å². The number of carbonyl (C=O) groups is 2. The molecular formula is C26H30N2O4S. The molecule has 6 nitrogen and oxygen atoms in total. The Morgan fingerprint density at radius 2 is 1.85 bits per heavy atom. The third-order valence-electron chi connectivity index (χ3n) is 7.14. The Bertz CT molecular complexity index is 1220. The molecule has 7 heteroatoms. The number of carbonyl (C=O) groups excluding carboxylic acids is 2. The molecule has 2 aromatic carbocycles. The standard InChI is InChI=1S/C26H30N2O4S/c1-17(15-25(29)27-23-8-4-6-18-5-2-3-7-22(18)23)33(31,32)21-11-12-24-20(16-21)13-14-28(24)26(30)19-9-10-19/h4,6,8,11-12,16-17,19H,2-3,5,7,9-10,13-15H2,1H3,(H,27,29). The molecule has 1 N–H and O–H groups in total. The van der Waals surface area contributed by atoms with Crippen molar-refractivity contribution in [2.45, 2.75) is 68.4 Å². The van der Waals surface area contributed by atoms with Crippen molar-refractivity contribution in [3.05, 3.63) is 53.1 Å². The maximum absolute atomic E-state index is 13.2. The van der Waals surface area contributed by atoms with Gasteiger partial charge in [0.25, 0.3) is 0 Å². The predicted octanol–water partition coefficient (Wildman–Crippen LogP) is 4.06.